The van der Waals surface area contributed by atoms with Gasteiger partial charge in [0, 0.05) is 24.2 Å². The normalized spacial score (nSPS) is 11.5. The summed E-state index contributed by atoms with van der Waals surface area (Å²) in [5.41, 5.74) is 1.94. The van der Waals surface area contributed by atoms with Gasteiger partial charge in [-0.2, -0.15) is 4.31 Å². The number of aryl methyl sites for hydroxylation is 2. The summed E-state index contributed by atoms with van der Waals surface area (Å²) in [6.45, 7) is 7.68. The highest BCUT2D eigenvalue weighted by atomic mass is 32.2. The van der Waals surface area contributed by atoms with E-state index in [1.54, 1.807) is 38.3 Å². The van der Waals surface area contributed by atoms with Crippen LogP contribution in [0.1, 0.15) is 25.1 Å². The van der Waals surface area contributed by atoms with Gasteiger partial charge in [0.1, 0.15) is 12.3 Å². The van der Waals surface area contributed by atoms with Crippen molar-refractivity contribution in [2.75, 3.05) is 18.4 Å². The number of nitrogens with one attached hydrogen (secondary N) is 1. The molecule has 0 saturated carbocycles. The van der Waals surface area contributed by atoms with Crippen LogP contribution in [0.25, 0.3) is 0 Å². The first-order valence-corrected chi connectivity index (χ1v) is 12.8. The predicted molar refractivity (Wildman–Crippen MR) is 130 cm³/mol. The van der Waals surface area contributed by atoms with Crippen LogP contribution >= 0.6 is 11.3 Å². The van der Waals surface area contributed by atoms with Crippen molar-refractivity contribution in [3.63, 3.8) is 0 Å². The van der Waals surface area contributed by atoms with Crippen molar-refractivity contribution in [3.05, 3.63) is 68.8 Å². The highest BCUT2D eigenvalue weighted by molar-refractivity contribution is 7.89. The number of aromatic nitrogens is 1. The van der Waals surface area contributed by atoms with Crippen molar-refractivity contribution in [1.29, 1.82) is 0 Å². The van der Waals surface area contributed by atoms with Crippen molar-refractivity contribution < 1.29 is 17.9 Å². The third-order valence-corrected chi connectivity index (χ3v) is 8.02. The molecular weight excluding hydrogens is 462 g/mol. The van der Waals surface area contributed by atoms with Gasteiger partial charge in [-0.1, -0.05) is 42.9 Å². The maximum atomic E-state index is 13.0. The van der Waals surface area contributed by atoms with Gasteiger partial charge in [0.05, 0.1) is 10.6 Å². The predicted octanol–water partition coefficient (Wildman–Crippen LogP) is 3.99. The average Bonchev–Trinajstić information content (AvgIpc) is 3.09. The van der Waals surface area contributed by atoms with Crippen LogP contribution in [-0.4, -0.2) is 36.3 Å². The highest BCUT2D eigenvalue weighted by Crippen LogP contribution is 2.33. The third-order valence-electron chi connectivity index (χ3n) is 5.10. The molecule has 0 fully saturated rings. The Morgan fingerprint density at radius 1 is 1.09 bits per heavy atom. The van der Waals surface area contributed by atoms with Crippen LogP contribution in [0.2, 0.25) is 0 Å². The molecule has 1 heterocycles. The van der Waals surface area contributed by atoms with E-state index >= 15 is 0 Å². The fourth-order valence-electron chi connectivity index (χ4n) is 3.23. The van der Waals surface area contributed by atoms with Crippen molar-refractivity contribution in [1.82, 2.24) is 8.87 Å². The van der Waals surface area contributed by atoms with Crippen molar-refractivity contribution in [2.24, 2.45) is 0 Å². The number of hydrogen-bond donors (Lipinski definition) is 1. The molecule has 1 N–H and O–H groups in total. The van der Waals surface area contributed by atoms with E-state index in [0.29, 0.717) is 30.3 Å². The molecule has 0 aliphatic rings. The summed E-state index contributed by atoms with van der Waals surface area (Å²) >= 11 is 1.02. The van der Waals surface area contributed by atoms with E-state index in [-0.39, 0.29) is 22.0 Å². The number of nitrogens with zero attached hydrogens (tertiary/aromatic N) is 2. The zero-order chi connectivity index (χ0) is 24.2. The van der Waals surface area contributed by atoms with Crippen molar-refractivity contribution in [3.8, 4) is 11.5 Å². The lowest BCUT2D eigenvalue weighted by Gasteiger charge is -2.20. The second-order valence-corrected chi connectivity index (χ2v) is 10.2. The molecule has 2 aromatic carbocycles. The summed E-state index contributed by atoms with van der Waals surface area (Å²) in [5, 5.41) is 4.40. The zero-order valence-corrected chi connectivity index (χ0v) is 20.6. The quantitative estimate of drug-likeness (QED) is 0.490. The highest BCUT2D eigenvalue weighted by Gasteiger charge is 2.24. The van der Waals surface area contributed by atoms with Crippen LogP contribution in [0.4, 0.5) is 5.69 Å². The molecule has 3 aromatic rings. The Labute approximate surface area is 197 Å². The molecule has 8 nitrogen and oxygen atoms in total. The standard InChI is InChI=1S/C23H27N3O5S2/c1-5-25(6-2)33(29,30)19-11-12-21(31-18-9-7-16(3)8-10-18)20(13-19)24-22(27)14-26-17(4)15-32-23(26)28/h7-13,15H,5-6,14H2,1-4H3,(H,24,27). The number of sulfonamides is 1. The van der Waals surface area contributed by atoms with Crippen LogP contribution in [0, 0.1) is 13.8 Å². The number of rotatable bonds is 9. The maximum Gasteiger partial charge on any atom is 0.307 e. The molecule has 0 aliphatic carbocycles. The topological polar surface area (TPSA) is 97.7 Å². The number of anilines is 1. The summed E-state index contributed by atoms with van der Waals surface area (Å²) in [7, 11) is -3.75. The molecule has 0 radical (unpaired) electrons. The summed E-state index contributed by atoms with van der Waals surface area (Å²) in [6.07, 6.45) is 0. The first-order valence-electron chi connectivity index (χ1n) is 10.5. The Bertz CT molecular complexity index is 1290. The fourth-order valence-corrected chi connectivity index (χ4v) is 5.45. The summed E-state index contributed by atoms with van der Waals surface area (Å²) in [4.78, 5) is 24.5. The third kappa shape index (κ3) is 5.70. The molecule has 0 bridgehead atoms. The minimum Gasteiger partial charge on any atom is -0.455 e. The number of carbonyl (C=O) groups is 1. The van der Waals surface area contributed by atoms with E-state index in [1.165, 1.54) is 27.1 Å². The van der Waals surface area contributed by atoms with Gasteiger partial charge in [-0.3, -0.25) is 14.2 Å². The molecule has 0 saturated heterocycles. The molecule has 1 amide bonds. The molecule has 3 rings (SSSR count). The Morgan fingerprint density at radius 2 is 1.76 bits per heavy atom. The molecule has 33 heavy (non-hydrogen) atoms. The fraction of sp³-hybridized carbons (Fsp3) is 0.304. The van der Waals surface area contributed by atoms with E-state index in [0.717, 1.165) is 16.9 Å². The minimum atomic E-state index is -3.75. The monoisotopic (exact) mass is 489 g/mol. The number of benzene rings is 2. The Kier molecular flexibility index (Phi) is 7.72. The van der Waals surface area contributed by atoms with Crippen molar-refractivity contribution in [2.45, 2.75) is 39.1 Å². The molecule has 0 unspecified atom stereocenters. The average molecular weight is 490 g/mol. The Morgan fingerprint density at radius 3 is 2.33 bits per heavy atom. The second kappa shape index (κ2) is 10.3. The molecule has 0 spiro atoms. The van der Waals surface area contributed by atoms with E-state index < -0.39 is 15.9 Å². The molecule has 1 aromatic heterocycles. The summed E-state index contributed by atoms with van der Waals surface area (Å²) in [6, 6.07) is 11.7. The van der Waals surface area contributed by atoms with Crippen LogP contribution < -0.4 is 14.9 Å². The Hall–Kier alpha value is -2.95. The molecule has 0 atom stereocenters. The number of ether oxygens (including phenoxy) is 1. The zero-order valence-electron chi connectivity index (χ0n) is 19.0. The summed E-state index contributed by atoms with van der Waals surface area (Å²) < 4.78 is 34.7. The van der Waals surface area contributed by atoms with Crippen LogP contribution in [-0.2, 0) is 21.4 Å². The van der Waals surface area contributed by atoms with Gasteiger partial charge in [0.2, 0.25) is 15.9 Å². The van der Waals surface area contributed by atoms with E-state index in [1.807, 2.05) is 19.1 Å². The lowest BCUT2D eigenvalue weighted by molar-refractivity contribution is -0.116. The van der Waals surface area contributed by atoms with Gasteiger partial charge in [0.25, 0.3) is 0 Å². The number of carbonyl (C=O) groups excluding carboxylic acids is 1. The first-order chi connectivity index (χ1) is 15.6. The second-order valence-electron chi connectivity index (χ2n) is 7.44. The van der Waals surface area contributed by atoms with E-state index in [9.17, 15) is 18.0 Å². The SMILES string of the molecule is CCN(CC)S(=O)(=O)c1ccc(Oc2ccc(C)cc2)c(NC(=O)Cn2c(C)csc2=O)c1. The number of hydrogen-bond acceptors (Lipinski definition) is 6. The first kappa shape index (κ1) is 24.7. The minimum absolute atomic E-state index is 0.0432. The van der Waals surface area contributed by atoms with Gasteiger partial charge in [-0.25, -0.2) is 8.42 Å². The molecular formula is C23H27N3O5S2. The van der Waals surface area contributed by atoms with Crippen molar-refractivity contribution >= 4 is 33.0 Å². The van der Waals surface area contributed by atoms with E-state index in [4.69, 9.17) is 4.74 Å². The smallest absolute Gasteiger partial charge is 0.307 e. The largest absolute Gasteiger partial charge is 0.455 e. The Balaban J connectivity index is 1.97. The van der Waals surface area contributed by atoms with Gasteiger partial charge in [0.15, 0.2) is 5.75 Å². The van der Waals surface area contributed by atoms with Gasteiger partial charge < -0.3 is 10.1 Å². The lowest BCUT2D eigenvalue weighted by Crippen LogP contribution is -2.30. The summed E-state index contributed by atoms with van der Waals surface area (Å²) in [5.74, 6) is 0.366. The van der Waals surface area contributed by atoms with Crippen LogP contribution in [0.5, 0.6) is 11.5 Å². The molecule has 10 heteroatoms. The van der Waals surface area contributed by atoms with Gasteiger partial charge in [-0.05, 0) is 44.2 Å². The molecule has 176 valence electrons. The molecule has 0 aliphatic heterocycles. The number of thiazole rings is 1. The van der Waals surface area contributed by atoms with E-state index in [2.05, 4.69) is 5.32 Å². The maximum absolute atomic E-state index is 13.0. The van der Waals surface area contributed by atoms with Gasteiger partial charge >= 0.3 is 4.87 Å². The van der Waals surface area contributed by atoms with Crippen LogP contribution in [0.15, 0.2) is 57.5 Å². The number of amides is 1. The van der Waals surface area contributed by atoms with Gasteiger partial charge in [-0.15, -0.1) is 0 Å². The lowest BCUT2D eigenvalue weighted by atomic mass is 10.2. The van der Waals surface area contributed by atoms with Crippen LogP contribution in [0.3, 0.4) is 0 Å².